The van der Waals surface area contributed by atoms with E-state index < -0.39 is 15.9 Å². The van der Waals surface area contributed by atoms with Crippen LogP contribution in [-0.2, 0) is 16.4 Å². The number of hydrogen-bond acceptors (Lipinski definition) is 4. The summed E-state index contributed by atoms with van der Waals surface area (Å²) in [5, 5.41) is 11.5. The van der Waals surface area contributed by atoms with Crippen LogP contribution in [0, 0.1) is 11.3 Å². The Hall–Kier alpha value is -2.40. The summed E-state index contributed by atoms with van der Waals surface area (Å²) in [5.74, 6) is -0.448. The lowest BCUT2D eigenvalue weighted by Crippen LogP contribution is -2.31. The molecule has 0 aliphatic rings. The van der Waals surface area contributed by atoms with Crippen molar-refractivity contribution in [3.05, 3.63) is 58.6 Å². The number of halogens is 1. The standard InChI is InChI=1S/C19H20ClN3O3S/c1-3-23(4-2)27(25,26)18-13-15(7-10-17(18)20)19(24)22-16-8-5-14(6-9-16)11-12-21/h5-10,13H,3-4,11H2,1-2H3,(H,22,24). The van der Waals surface area contributed by atoms with Crippen LogP contribution >= 0.6 is 11.6 Å². The monoisotopic (exact) mass is 405 g/mol. The van der Waals surface area contributed by atoms with E-state index in [-0.39, 0.29) is 21.9 Å². The van der Waals surface area contributed by atoms with Crippen LogP contribution < -0.4 is 5.32 Å². The second kappa shape index (κ2) is 9.00. The molecule has 0 aliphatic carbocycles. The number of carbonyl (C=O) groups is 1. The number of anilines is 1. The average Bonchev–Trinajstić information content (AvgIpc) is 2.64. The second-order valence-electron chi connectivity index (χ2n) is 5.72. The Kier molecular flexibility index (Phi) is 6.97. The summed E-state index contributed by atoms with van der Waals surface area (Å²) in [6, 6.07) is 13.1. The topological polar surface area (TPSA) is 90.3 Å². The summed E-state index contributed by atoms with van der Waals surface area (Å²) in [6.07, 6.45) is 0.290. The van der Waals surface area contributed by atoms with E-state index in [9.17, 15) is 13.2 Å². The Balaban J connectivity index is 2.29. The molecule has 0 spiro atoms. The molecule has 0 bridgehead atoms. The number of rotatable bonds is 7. The zero-order valence-corrected chi connectivity index (χ0v) is 16.6. The first-order chi connectivity index (χ1) is 12.8. The summed E-state index contributed by atoms with van der Waals surface area (Å²) in [7, 11) is -3.78. The molecule has 0 aliphatic heterocycles. The van der Waals surface area contributed by atoms with E-state index in [2.05, 4.69) is 11.4 Å². The molecular weight excluding hydrogens is 386 g/mol. The van der Waals surface area contributed by atoms with Gasteiger partial charge in [0, 0.05) is 24.3 Å². The van der Waals surface area contributed by atoms with Crippen LogP contribution in [0.1, 0.15) is 29.8 Å². The number of benzene rings is 2. The number of amides is 1. The van der Waals surface area contributed by atoms with Crippen molar-refractivity contribution in [3.63, 3.8) is 0 Å². The summed E-state index contributed by atoms with van der Waals surface area (Å²) in [5.41, 5.74) is 1.57. The van der Waals surface area contributed by atoms with Crippen LogP contribution in [0.3, 0.4) is 0 Å². The van der Waals surface area contributed by atoms with Crippen molar-refractivity contribution in [1.82, 2.24) is 4.31 Å². The van der Waals surface area contributed by atoms with E-state index >= 15 is 0 Å². The predicted octanol–water partition coefficient (Wildman–Crippen LogP) is 3.69. The molecule has 0 unspecified atom stereocenters. The minimum absolute atomic E-state index is 0.0688. The number of nitrogens with zero attached hydrogens (tertiary/aromatic N) is 2. The minimum Gasteiger partial charge on any atom is -0.322 e. The van der Waals surface area contributed by atoms with Gasteiger partial charge in [0.15, 0.2) is 0 Å². The molecule has 0 radical (unpaired) electrons. The van der Waals surface area contributed by atoms with Crippen LogP contribution in [0.2, 0.25) is 5.02 Å². The van der Waals surface area contributed by atoms with Gasteiger partial charge >= 0.3 is 0 Å². The Morgan fingerprint density at radius 1 is 1.15 bits per heavy atom. The molecule has 0 saturated carbocycles. The fourth-order valence-electron chi connectivity index (χ4n) is 2.55. The maximum absolute atomic E-state index is 12.7. The molecule has 2 rings (SSSR count). The molecular formula is C19H20ClN3O3S. The van der Waals surface area contributed by atoms with E-state index in [0.29, 0.717) is 18.8 Å². The highest BCUT2D eigenvalue weighted by Gasteiger charge is 2.25. The smallest absolute Gasteiger partial charge is 0.255 e. The van der Waals surface area contributed by atoms with Crippen LogP contribution in [0.4, 0.5) is 5.69 Å². The molecule has 0 saturated heterocycles. The lowest BCUT2D eigenvalue weighted by Gasteiger charge is -2.19. The number of nitrogens with one attached hydrogen (secondary N) is 1. The fourth-order valence-corrected chi connectivity index (χ4v) is 4.50. The summed E-state index contributed by atoms with van der Waals surface area (Å²) in [6.45, 7) is 4.09. The molecule has 6 nitrogen and oxygen atoms in total. The van der Waals surface area contributed by atoms with Crippen molar-refractivity contribution >= 4 is 33.2 Å². The van der Waals surface area contributed by atoms with Gasteiger partial charge in [-0.05, 0) is 35.9 Å². The third-order valence-electron chi connectivity index (χ3n) is 4.01. The third kappa shape index (κ3) is 4.86. The first kappa shape index (κ1) is 20.9. The second-order valence-corrected chi connectivity index (χ2v) is 8.03. The van der Waals surface area contributed by atoms with Crippen molar-refractivity contribution in [3.8, 4) is 6.07 Å². The van der Waals surface area contributed by atoms with Gasteiger partial charge < -0.3 is 5.32 Å². The first-order valence-corrected chi connectivity index (χ1v) is 10.2. The molecule has 1 N–H and O–H groups in total. The Morgan fingerprint density at radius 3 is 2.33 bits per heavy atom. The lowest BCUT2D eigenvalue weighted by molar-refractivity contribution is 0.102. The highest BCUT2D eigenvalue weighted by molar-refractivity contribution is 7.89. The Labute approximate surface area is 164 Å². The zero-order chi connectivity index (χ0) is 20.0. The van der Waals surface area contributed by atoms with E-state index in [1.54, 1.807) is 38.1 Å². The lowest BCUT2D eigenvalue weighted by atomic mass is 10.1. The maximum Gasteiger partial charge on any atom is 0.255 e. The number of carbonyl (C=O) groups excluding carboxylic acids is 1. The summed E-state index contributed by atoms with van der Waals surface area (Å²) >= 11 is 6.09. The molecule has 0 aromatic heterocycles. The van der Waals surface area contributed by atoms with Crippen molar-refractivity contribution in [2.45, 2.75) is 25.2 Å². The molecule has 27 heavy (non-hydrogen) atoms. The van der Waals surface area contributed by atoms with Crippen molar-refractivity contribution in [2.75, 3.05) is 18.4 Å². The van der Waals surface area contributed by atoms with Crippen LogP contribution in [0.25, 0.3) is 0 Å². The van der Waals surface area contributed by atoms with Crippen LogP contribution in [-0.4, -0.2) is 31.7 Å². The van der Waals surface area contributed by atoms with E-state index in [0.717, 1.165) is 5.56 Å². The normalized spacial score (nSPS) is 11.2. The van der Waals surface area contributed by atoms with Crippen molar-refractivity contribution < 1.29 is 13.2 Å². The average molecular weight is 406 g/mol. The molecule has 0 heterocycles. The van der Waals surface area contributed by atoms with Gasteiger partial charge in [-0.1, -0.05) is 37.6 Å². The highest BCUT2D eigenvalue weighted by Crippen LogP contribution is 2.26. The van der Waals surface area contributed by atoms with Gasteiger partial charge in [0.2, 0.25) is 10.0 Å². The number of nitriles is 1. The van der Waals surface area contributed by atoms with Gasteiger partial charge in [-0.25, -0.2) is 8.42 Å². The molecule has 0 atom stereocenters. The van der Waals surface area contributed by atoms with Gasteiger partial charge in [0.05, 0.1) is 17.5 Å². The SMILES string of the molecule is CCN(CC)S(=O)(=O)c1cc(C(=O)Nc2ccc(CC#N)cc2)ccc1Cl. The van der Waals surface area contributed by atoms with Gasteiger partial charge in [0.1, 0.15) is 4.90 Å². The van der Waals surface area contributed by atoms with Crippen LogP contribution in [0.5, 0.6) is 0 Å². The van der Waals surface area contributed by atoms with Crippen LogP contribution in [0.15, 0.2) is 47.4 Å². The quantitative estimate of drug-likeness (QED) is 0.760. The number of sulfonamides is 1. The largest absolute Gasteiger partial charge is 0.322 e. The van der Waals surface area contributed by atoms with Gasteiger partial charge in [-0.3, -0.25) is 4.79 Å². The predicted molar refractivity (Wildman–Crippen MR) is 105 cm³/mol. The van der Waals surface area contributed by atoms with Gasteiger partial charge in [0.25, 0.3) is 5.91 Å². The fraction of sp³-hybridized carbons (Fsp3) is 0.263. The molecule has 2 aromatic rings. The van der Waals surface area contributed by atoms with Gasteiger partial charge in [-0.15, -0.1) is 0 Å². The highest BCUT2D eigenvalue weighted by atomic mass is 35.5. The summed E-state index contributed by atoms with van der Waals surface area (Å²) < 4.78 is 26.7. The van der Waals surface area contributed by atoms with E-state index in [1.807, 2.05) is 0 Å². The Morgan fingerprint density at radius 2 is 1.78 bits per heavy atom. The number of hydrogen-bond donors (Lipinski definition) is 1. The molecule has 2 aromatic carbocycles. The zero-order valence-electron chi connectivity index (χ0n) is 15.1. The molecule has 0 fully saturated rings. The third-order valence-corrected chi connectivity index (χ3v) is 6.54. The van der Waals surface area contributed by atoms with Crippen molar-refractivity contribution in [1.29, 1.82) is 5.26 Å². The van der Waals surface area contributed by atoms with Crippen molar-refractivity contribution in [2.24, 2.45) is 0 Å². The molecule has 1 amide bonds. The summed E-state index contributed by atoms with van der Waals surface area (Å²) in [4.78, 5) is 12.4. The molecule has 8 heteroatoms. The molecule has 142 valence electrons. The van der Waals surface area contributed by atoms with Gasteiger partial charge in [-0.2, -0.15) is 9.57 Å². The van der Waals surface area contributed by atoms with E-state index in [4.69, 9.17) is 16.9 Å². The minimum atomic E-state index is -3.78. The maximum atomic E-state index is 12.7. The van der Waals surface area contributed by atoms with E-state index in [1.165, 1.54) is 22.5 Å². The Bertz CT molecular complexity index is 963. The first-order valence-electron chi connectivity index (χ1n) is 8.40.